The van der Waals surface area contributed by atoms with Crippen LogP contribution in [0.5, 0.6) is 0 Å². The molecule has 1 fully saturated rings. The molecule has 8 heteroatoms. The largest absolute Gasteiger partial charge is 0.481 e. The molecule has 0 amide bonds. The molecule has 1 heterocycles. The lowest BCUT2D eigenvalue weighted by molar-refractivity contribution is -0.148. The molecule has 1 aliphatic heterocycles. The molecule has 8 nitrogen and oxygen atoms in total. The van der Waals surface area contributed by atoms with Crippen LogP contribution in [0, 0.1) is 5.92 Å². The molecule has 178 valence electrons. The van der Waals surface area contributed by atoms with E-state index >= 15 is 0 Å². The van der Waals surface area contributed by atoms with Gasteiger partial charge in [0, 0.05) is 25.7 Å². The fraction of sp³-hybridized carbons (Fsp3) is 0.696. The Morgan fingerprint density at radius 1 is 1.16 bits per heavy atom. The number of carboxylic acid groups (broad SMARTS) is 1. The standard InChI is InChI=1S/C12H20O4.C11H18O4/c1-5-9-10(16-12(2,3)15-9)7-6-8-11(13)14-4;1-4-8(2)10(15-9(3)12)6-5-7-11(13)14/h5,9-10H,1,6-8H2,2-4H3;4,8,10H,1,5-7H2,2-3H3,(H,13,14)/t9-,10+;8-,10+/m11/s1. The highest BCUT2D eigenvalue weighted by atomic mass is 16.7. The smallest absolute Gasteiger partial charge is 0.305 e. The Balaban J connectivity index is 0.000000582. The fourth-order valence-corrected chi connectivity index (χ4v) is 3.08. The van der Waals surface area contributed by atoms with Gasteiger partial charge in [-0.3, -0.25) is 14.4 Å². The summed E-state index contributed by atoms with van der Waals surface area (Å²) in [7, 11) is 1.40. The Labute approximate surface area is 185 Å². The maximum Gasteiger partial charge on any atom is 0.305 e. The zero-order valence-corrected chi connectivity index (χ0v) is 19.4. The fourth-order valence-electron chi connectivity index (χ4n) is 3.08. The third-order valence-electron chi connectivity index (χ3n) is 4.71. The molecular weight excluding hydrogens is 404 g/mol. The molecule has 4 atom stereocenters. The van der Waals surface area contributed by atoms with Gasteiger partial charge in [-0.2, -0.15) is 0 Å². The summed E-state index contributed by atoms with van der Waals surface area (Å²) in [5.41, 5.74) is 0. The molecule has 0 saturated carbocycles. The summed E-state index contributed by atoms with van der Waals surface area (Å²) in [5, 5.41) is 8.48. The number of rotatable bonds is 12. The van der Waals surface area contributed by atoms with E-state index in [0.717, 1.165) is 12.8 Å². The van der Waals surface area contributed by atoms with Gasteiger partial charge in [0.05, 0.1) is 13.2 Å². The molecule has 0 radical (unpaired) electrons. The number of carbonyl (C=O) groups is 3. The van der Waals surface area contributed by atoms with Crippen molar-refractivity contribution in [2.75, 3.05) is 7.11 Å². The molecule has 1 rings (SSSR count). The van der Waals surface area contributed by atoms with Gasteiger partial charge in [0.25, 0.3) is 0 Å². The molecule has 1 saturated heterocycles. The van der Waals surface area contributed by atoms with Crippen molar-refractivity contribution in [3.05, 3.63) is 25.3 Å². The van der Waals surface area contributed by atoms with Gasteiger partial charge in [0.1, 0.15) is 12.2 Å². The number of carboxylic acids is 1. The van der Waals surface area contributed by atoms with Crippen LogP contribution in [0.4, 0.5) is 0 Å². The quantitative estimate of drug-likeness (QED) is 0.356. The highest BCUT2D eigenvalue weighted by molar-refractivity contribution is 5.69. The van der Waals surface area contributed by atoms with Crippen LogP contribution in [0.25, 0.3) is 0 Å². The van der Waals surface area contributed by atoms with Crippen LogP contribution in [0.15, 0.2) is 25.3 Å². The van der Waals surface area contributed by atoms with Crippen molar-refractivity contribution in [2.24, 2.45) is 5.92 Å². The van der Waals surface area contributed by atoms with Crippen LogP contribution in [0.3, 0.4) is 0 Å². The Morgan fingerprint density at radius 2 is 1.81 bits per heavy atom. The number of ether oxygens (including phenoxy) is 4. The second kappa shape index (κ2) is 14.8. The molecule has 0 aliphatic carbocycles. The van der Waals surface area contributed by atoms with Crippen molar-refractivity contribution in [1.29, 1.82) is 0 Å². The minimum absolute atomic E-state index is 0.0165. The number of hydrogen-bond donors (Lipinski definition) is 1. The zero-order chi connectivity index (χ0) is 24.0. The van der Waals surface area contributed by atoms with Crippen molar-refractivity contribution in [2.45, 2.75) is 90.3 Å². The van der Waals surface area contributed by atoms with E-state index in [4.69, 9.17) is 19.3 Å². The van der Waals surface area contributed by atoms with E-state index in [-0.39, 0.29) is 42.6 Å². The normalized spacial score (nSPS) is 21.1. The minimum atomic E-state index is -0.831. The van der Waals surface area contributed by atoms with Crippen molar-refractivity contribution >= 4 is 17.9 Å². The number of esters is 2. The first-order valence-electron chi connectivity index (χ1n) is 10.5. The van der Waals surface area contributed by atoms with Gasteiger partial charge in [0.2, 0.25) is 0 Å². The summed E-state index contributed by atoms with van der Waals surface area (Å²) in [6.45, 7) is 14.3. The van der Waals surface area contributed by atoms with Crippen LogP contribution in [0.2, 0.25) is 0 Å². The lowest BCUT2D eigenvalue weighted by Crippen LogP contribution is -2.23. The van der Waals surface area contributed by atoms with Crippen LogP contribution >= 0.6 is 0 Å². The average Bonchev–Trinajstić information content (AvgIpc) is 3.00. The van der Waals surface area contributed by atoms with Gasteiger partial charge in [-0.25, -0.2) is 0 Å². The third kappa shape index (κ3) is 13.0. The molecule has 0 bridgehead atoms. The first-order chi connectivity index (χ1) is 14.4. The molecule has 0 spiro atoms. The van der Waals surface area contributed by atoms with Crippen molar-refractivity contribution < 1.29 is 38.4 Å². The van der Waals surface area contributed by atoms with Crippen LogP contribution < -0.4 is 0 Å². The maximum atomic E-state index is 10.9. The summed E-state index contributed by atoms with van der Waals surface area (Å²) < 4.78 is 21.0. The summed E-state index contributed by atoms with van der Waals surface area (Å²) in [4.78, 5) is 32.1. The molecule has 0 unspecified atom stereocenters. The van der Waals surface area contributed by atoms with Gasteiger partial charge in [-0.15, -0.1) is 13.2 Å². The van der Waals surface area contributed by atoms with E-state index in [9.17, 15) is 14.4 Å². The lowest BCUT2D eigenvalue weighted by Gasteiger charge is -2.20. The predicted molar refractivity (Wildman–Crippen MR) is 116 cm³/mol. The second-order valence-electron chi connectivity index (χ2n) is 7.87. The monoisotopic (exact) mass is 442 g/mol. The highest BCUT2D eigenvalue weighted by Gasteiger charge is 2.39. The number of carbonyl (C=O) groups excluding carboxylic acids is 2. The second-order valence-corrected chi connectivity index (χ2v) is 7.87. The van der Waals surface area contributed by atoms with Crippen molar-refractivity contribution in [3.8, 4) is 0 Å². The highest BCUT2D eigenvalue weighted by Crippen LogP contribution is 2.31. The first-order valence-corrected chi connectivity index (χ1v) is 10.5. The van der Waals surface area contributed by atoms with Gasteiger partial charge >= 0.3 is 17.9 Å². The summed E-state index contributed by atoms with van der Waals surface area (Å²) in [6.07, 6.45) is 6.17. The first kappa shape index (κ1) is 28.8. The molecule has 1 N–H and O–H groups in total. The third-order valence-corrected chi connectivity index (χ3v) is 4.71. The van der Waals surface area contributed by atoms with E-state index in [2.05, 4.69) is 17.9 Å². The number of aliphatic carboxylic acids is 1. The zero-order valence-electron chi connectivity index (χ0n) is 19.4. The van der Waals surface area contributed by atoms with Crippen molar-refractivity contribution in [3.63, 3.8) is 0 Å². The van der Waals surface area contributed by atoms with E-state index in [1.165, 1.54) is 14.0 Å². The Hall–Kier alpha value is -2.19. The predicted octanol–water partition coefficient (Wildman–Crippen LogP) is 4.03. The topological polar surface area (TPSA) is 108 Å². The summed E-state index contributed by atoms with van der Waals surface area (Å²) in [6, 6.07) is 0. The lowest BCUT2D eigenvalue weighted by atomic mass is 9.99. The SMILES string of the molecule is C=C[C@@H](C)[C@H](CCCC(=O)O)OC(C)=O.C=C[C@H]1OC(C)(C)O[C@H]1CCCC(=O)OC. The molecule has 1 aliphatic rings. The van der Waals surface area contributed by atoms with Gasteiger partial charge in [-0.1, -0.05) is 19.1 Å². The molecule has 0 aromatic rings. The van der Waals surface area contributed by atoms with E-state index in [1.54, 1.807) is 12.2 Å². The summed E-state index contributed by atoms with van der Waals surface area (Å²) in [5.74, 6) is -1.88. The van der Waals surface area contributed by atoms with Gasteiger partial charge < -0.3 is 24.1 Å². The Kier molecular flexibility index (Phi) is 13.7. The van der Waals surface area contributed by atoms with E-state index in [1.807, 2.05) is 20.8 Å². The summed E-state index contributed by atoms with van der Waals surface area (Å²) >= 11 is 0. The van der Waals surface area contributed by atoms with Crippen LogP contribution in [0.1, 0.15) is 66.2 Å². The van der Waals surface area contributed by atoms with E-state index in [0.29, 0.717) is 19.3 Å². The van der Waals surface area contributed by atoms with Crippen LogP contribution in [-0.4, -0.2) is 54.2 Å². The van der Waals surface area contributed by atoms with Crippen LogP contribution in [-0.2, 0) is 33.3 Å². The maximum absolute atomic E-state index is 10.9. The Bertz CT molecular complexity index is 598. The van der Waals surface area contributed by atoms with E-state index < -0.39 is 11.8 Å². The molecule has 31 heavy (non-hydrogen) atoms. The number of methoxy groups -OCH3 is 1. The van der Waals surface area contributed by atoms with Crippen molar-refractivity contribution in [1.82, 2.24) is 0 Å². The number of hydrogen-bond acceptors (Lipinski definition) is 7. The van der Waals surface area contributed by atoms with Gasteiger partial charge in [-0.05, 0) is 39.5 Å². The molecule has 0 aromatic carbocycles. The minimum Gasteiger partial charge on any atom is -0.481 e. The van der Waals surface area contributed by atoms with Gasteiger partial charge in [0.15, 0.2) is 5.79 Å². The Morgan fingerprint density at radius 3 is 2.29 bits per heavy atom. The molecule has 0 aromatic heterocycles. The average molecular weight is 443 g/mol. The molecular formula is C23H38O8.